The Morgan fingerprint density at radius 1 is 0.650 bits per heavy atom. The quantitative estimate of drug-likeness (QED) is 0.436. The van der Waals surface area contributed by atoms with Crippen molar-refractivity contribution in [2.75, 3.05) is 0 Å². The molecule has 0 bridgehead atoms. The van der Waals surface area contributed by atoms with E-state index < -0.39 is 0 Å². The Kier molecular flexibility index (Phi) is 3.06. The van der Waals surface area contributed by atoms with Crippen LogP contribution in [0.5, 0.6) is 0 Å². The number of hydrogen-bond acceptors (Lipinski definition) is 2. The van der Waals surface area contributed by atoms with Gasteiger partial charge in [-0.2, -0.15) is 0 Å². The second kappa shape index (κ2) is 5.04. The van der Waals surface area contributed by atoms with Crippen LogP contribution in [0.3, 0.4) is 0 Å². The van der Waals surface area contributed by atoms with E-state index in [0.29, 0.717) is 0 Å². The maximum atomic E-state index is 3.34. The van der Waals surface area contributed by atoms with Crippen molar-refractivity contribution in [3.63, 3.8) is 0 Å². The lowest BCUT2D eigenvalue weighted by molar-refractivity contribution is 1.16. The van der Waals surface area contributed by atoms with Gasteiger partial charge in [0.25, 0.3) is 0 Å². The van der Waals surface area contributed by atoms with Gasteiger partial charge in [-0.15, -0.1) is 0 Å². The van der Waals surface area contributed by atoms with Gasteiger partial charge in [-0.1, -0.05) is 72.1 Å². The second-order valence-electron chi connectivity index (χ2n) is 4.56. The van der Waals surface area contributed by atoms with Crippen LogP contribution < -0.4 is 0 Å². The van der Waals surface area contributed by atoms with Gasteiger partial charge >= 0.3 is 0 Å². The van der Waals surface area contributed by atoms with E-state index >= 15 is 0 Å². The van der Waals surface area contributed by atoms with E-state index in [4.69, 9.17) is 0 Å². The van der Waals surface area contributed by atoms with Gasteiger partial charge in [0.2, 0.25) is 0 Å². The maximum absolute atomic E-state index is 3.34. The largest absolute Gasteiger partial charge is 0.0877 e. The van der Waals surface area contributed by atoms with Gasteiger partial charge in [0.05, 0.1) is 0 Å². The smallest absolute Gasteiger partial charge is 0.0341 e. The predicted octanol–water partition coefficient (Wildman–Crippen LogP) is 5.77. The molecule has 1 aliphatic heterocycles. The minimum absolute atomic E-state index is 1.16. The third-order valence-electron chi connectivity index (χ3n) is 3.26. The molecule has 0 saturated heterocycles. The highest BCUT2D eigenvalue weighted by Gasteiger charge is 2.19. The molecular weight excluding hydrogens is 280 g/mol. The molecule has 0 aliphatic carbocycles. The van der Waals surface area contributed by atoms with Crippen LogP contribution in [0.25, 0.3) is 11.1 Å². The van der Waals surface area contributed by atoms with Gasteiger partial charge in [-0.25, -0.2) is 0 Å². The molecule has 1 aliphatic rings. The predicted molar refractivity (Wildman–Crippen MR) is 85.4 cm³/mol. The Morgan fingerprint density at radius 3 is 2.20 bits per heavy atom. The molecule has 0 aromatic heterocycles. The van der Waals surface area contributed by atoms with Crippen molar-refractivity contribution in [2.45, 2.75) is 19.6 Å². The van der Waals surface area contributed by atoms with E-state index in [2.05, 4.69) is 60.7 Å². The monoisotopic (exact) mass is 291 g/mol. The first-order valence-electron chi connectivity index (χ1n) is 6.47. The van der Waals surface area contributed by atoms with Crippen LogP contribution >= 0.6 is 23.5 Å². The zero-order valence-corrected chi connectivity index (χ0v) is 12.3. The molecule has 0 spiro atoms. The van der Waals surface area contributed by atoms with Crippen molar-refractivity contribution in [1.82, 2.24) is 0 Å². The lowest BCUT2D eigenvalue weighted by Crippen LogP contribution is -1.92. The van der Waals surface area contributed by atoms with E-state index in [9.17, 15) is 0 Å². The molecule has 2 heteroatoms. The summed E-state index contributed by atoms with van der Waals surface area (Å²) in [6.45, 7) is 0. The van der Waals surface area contributed by atoms with E-state index in [1.165, 1.54) is 25.1 Å². The van der Waals surface area contributed by atoms with E-state index in [-0.39, 0.29) is 0 Å². The number of rotatable bonds is 1. The van der Waals surface area contributed by atoms with Crippen molar-refractivity contribution < 1.29 is 0 Å². The molecule has 0 unspecified atom stereocenters. The van der Waals surface area contributed by atoms with Crippen LogP contribution in [0.4, 0.5) is 0 Å². The van der Waals surface area contributed by atoms with Crippen molar-refractivity contribution >= 4 is 23.5 Å². The van der Waals surface area contributed by atoms with Crippen molar-refractivity contribution in [3.05, 3.63) is 72.8 Å². The maximum Gasteiger partial charge on any atom is 0.0341 e. The van der Waals surface area contributed by atoms with Gasteiger partial charge in [-0.05, 0) is 35.4 Å². The molecular formula is C18H11S2. The van der Waals surface area contributed by atoms with Crippen LogP contribution in [0.2, 0.25) is 0 Å². The Morgan fingerprint density at radius 2 is 1.40 bits per heavy atom. The lowest BCUT2D eigenvalue weighted by atomic mass is 10.1. The van der Waals surface area contributed by atoms with Gasteiger partial charge < -0.3 is 0 Å². The second-order valence-corrected chi connectivity index (χ2v) is 6.70. The van der Waals surface area contributed by atoms with E-state index in [0.717, 1.165) is 5.56 Å². The standard InChI is InChI=1S/C18H11S2/c1-2-7-13(8-3-1)14-9-6-12-17-18(14)20-16-11-5-4-10-15(16)19-17/h1-7,9-12H. The van der Waals surface area contributed by atoms with Crippen LogP contribution in [0.15, 0.2) is 86.3 Å². The van der Waals surface area contributed by atoms with Gasteiger partial charge in [0.15, 0.2) is 0 Å². The van der Waals surface area contributed by atoms with Gasteiger partial charge in [0.1, 0.15) is 0 Å². The summed E-state index contributed by atoms with van der Waals surface area (Å²) in [5.74, 6) is 0. The third kappa shape index (κ3) is 2.05. The summed E-state index contributed by atoms with van der Waals surface area (Å²) in [6.07, 6.45) is 0. The van der Waals surface area contributed by atoms with Crippen LogP contribution in [-0.4, -0.2) is 0 Å². The topological polar surface area (TPSA) is 0 Å². The Bertz CT molecular complexity index is 763. The molecule has 0 fully saturated rings. The average molecular weight is 291 g/mol. The fourth-order valence-electron chi connectivity index (χ4n) is 2.32. The van der Waals surface area contributed by atoms with Crippen molar-refractivity contribution in [3.8, 4) is 11.1 Å². The molecule has 4 rings (SSSR count). The molecule has 0 amide bonds. The molecule has 0 N–H and O–H groups in total. The third-order valence-corrected chi connectivity index (χ3v) is 5.87. The summed E-state index contributed by atoms with van der Waals surface area (Å²) in [6, 6.07) is 26.6. The Hall–Kier alpha value is -1.64. The molecule has 3 aromatic rings. The summed E-state index contributed by atoms with van der Waals surface area (Å²) in [5, 5.41) is 0. The Labute approximate surface area is 127 Å². The number of fused-ring (bicyclic) bond motifs is 2. The zero-order chi connectivity index (χ0) is 13.4. The van der Waals surface area contributed by atoms with E-state index in [1.807, 2.05) is 35.7 Å². The van der Waals surface area contributed by atoms with Crippen molar-refractivity contribution in [2.24, 2.45) is 0 Å². The van der Waals surface area contributed by atoms with Gasteiger partial charge in [0, 0.05) is 19.6 Å². The SMILES string of the molecule is [c]1ccccc1-c1cccc2c1Sc1ccccc1S2. The summed E-state index contributed by atoms with van der Waals surface area (Å²) < 4.78 is 0. The number of benzene rings is 3. The molecule has 0 nitrogen and oxygen atoms in total. The zero-order valence-electron chi connectivity index (χ0n) is 10.7. The molecule has 1 radical (unpaired) electrons. The highest BCUT2D eigenvalue weighted by atomic mass is 32.2. The highest BCUT2D eigenvalue weighted by molar-refractivity contribution is 8.05. The van der Waals surface area contributed by atoms with Crippen molar-refractivity contribution in [1.29, 1.82) is 0 Å². The first kappa shape index (κ1) is 12.1. The molecule has 0 atom stereocenters. The normalized spacial score (nSPS) is 12.6. The van der Waals surface area contributed by atoms with Crippen LogP contribution in [0.1, 0.15) is 0 Å². The van der Waals surface area contributed by atoms with Crippen LogP contribution in [0, 0.1) is 6.07 Å². The summed E-state index contributed by atoms with van der Waals surface area (Å²) in [7, 11) is 0. The summed E-state index contributed by atoms with van der Waals surface area (Å²) in [4.78, 5) is 5.37. The van der Waals surface area contributed by atoms with Crippen LogP contribution in [-0.2, 0) is 0 Å². The first-order valence-corrected chi connectivity index (χ1v) is 8.10. The number of hydrogen-bond donors (Lipinski definition) is 0. The average Bonchev–Trinajstić information content (AvgIpc) is 2.53. The summed E-state index contributed by atoms with van der Waals surface area (Å²) in [5.41, 5.74) is 2.44. The van der Waals surface area contributed by atoms with E-state index in [1.54, 1.807) is 0 Å². The molecule has 3 aromatic carbocycles. The van der Waals surface area contributed by atoms with Gasteiger partial charge in [-0.3, -0.25) is 0 Å². The first-order chi connectivity index (χ1) is 9.92. The molecule has 20 heavy (non-hydrogen) atoms. The molecule has 0 saturated carbocycles. The summed E-state index contributed by atoms with van der Waals surface area (Å²) >= 11 is 3.72. The molecule has 95 valence electrons. The minimum atomic E-state index is 1.16. The molecule has 1 heterocycles. The minimum Gasteiger partial charge on any atom is -0.0877 e. The Balaban J connectivity index is 1.87. The fourth-order valence-corrected chi connectivity index (χ4v) is 4.71. The highest BCUT2D eigenvalue weighted by Crippen LogP contribution is 2.51. The lowest BCUT2D eigenvalue weighted by Gasteiger charge is -2.20. The fraction of sp³-hybridized carbons (Fsp3) is 0.